The lowest BCUT2D eigenvalue weighted by Crippen LogP contribution is -2.53. The predicted octanol–water partition coefficient (Wildman–Crippen LogP) is 5.14. The fourth-order valence-corrected chi connectivity index (χ4v) is 5.68. The molecule has 1 atom stereocenters. The second-order valence-electron chi connectivity index (χ2n) is 10.3. The molecule has 1 unspecified atom stereocenters. The van der Waals surface area contributed by atoms with Crippen molar-refractivity contribution < 1.29 is 18.0 Å². The zero-order chi connectivity index (χ0) is 28.7. The summed E-state index contributed by atoms with van der Waals surface area (Å²) in [5.41, 5.74) is 4.21. The molecule has 3 aromatic rings. The van der Waals surface area contributed by atoms with Gasteiger partial charge >= 0.3 is 0 Å². The average molecular weight is 550 g/mol. The van der Waals surface area contributed by atoms with E-state index >= 15 is 0 Å². The van der Waals surface area contributed by atoms with Crippen LogP contribution in [-0.4, -0.2) is 43.8 Å². The van der Waals surface area contributed by atoms with Crippen LogP contribution in [0, 0.1) is 20.8 Å². The monoisotopic (exact) mass is 549 g/mol. The van der Waals surface area contributed by atoms with Crippen LogP contribution >= 0.6 is 0 Å². The fourth-order valence-electron chi connectivity index (χ4n) is 4.27. The number of anilines is 1. The number of carbonyl (C=O) groups excluding carboxylic acids is 2. The molecule has 0 aliphatic carbocycles. The average Bonchev–Trinajstić information content (AvgIpc) is 2.88. The molecule has 0 heterocycles. The quantitative estimate of drug-likeness (QED) is 0.359. The Labute approximate surface area is 232 Å². The lowest BCUT2D eigenvalue weighted by Gasteiger charge is -2.33. The van der Waals surface area contributed by atoms with Crippen LogP contribution < -0.4 is 9.62 Å². The molecule has 0 bridgehead atoms. The minimum absolute atomic E-state index is 0.0937. The van der Waals surface area contributed by atoms with Crippen LogP contribution in [0.5, 0.6) is 0 Å². The minimum Gasteiger partial charge on any atom is -0.352 e. The maximum Gasteiger partial charge on any atom is 0.264 e. The molecule has 0 aromatic heterocycles. The summed E-state index contributed by atoms with van der Waals surface area (Å²) in [5, 5.41) is 2.91. The molecule has 2 amide bonds. The van der Waals surface area contributed by atoms with Crippen molar-refractivity contribution in [2.75, 3.05) is 10.8 Å². The molecule has 3 rings (SSSR count). The summed E-state index contributed by atoms with van der Waals surface area (Å²) < 4.78 is 28.9. The van der Waals surface area contributed by atoms with Crippen molar-refractivity contribution in [1.29, 1.82) is 0 Å². The Hall–Kier alpha value is -3.65. The standard InChI is InChI=1S/C31H39N3O4S/c1-7-29(31(36)32-22(2)3)33(20-26-14-8-23(4)9-15-26)30(35)21-34(27-16-10-24(5)11-17-27)39(37,38)28-18-12-25(6)13-19-28/h8-19,22,29H,7,20-21H2,1-6H3,(H,32,36). The van der Waals surface area contributed by atoms with Gasteiger partial charge in [0.1, 0.15) is 12.6 Å². The number of rotatable bonds is 11. The van der Waals surface area contributed by atoms with E-state index in [1.807, 2.05) is 77.9 Å². The maximum atomic E-state index is 14.0. The number of benzene rings is 3. The van der Waals surface area contributed by atoms with Crippen molar-refractivity contribution in [2.24, 2.45) is 0 Å². The molecule has 8 heteroatoms. The Morgan fingerprint density at radius 2 is 1.28 bits per heavy atom. The van der Waals surface area contributed by atoms with Crippen molar-refractivity contribution >= 4 is 27.5 Å². The third-order valence-corrected chi connectivity index (χ3v) is 8.29. The normalized spacial score (nSPS) is 12.2. The van der Waals surface area contributed by atoms with Crippen molar-refractivity contribution in [1.82, 2.24) is 10.2 Å². The molecule has 0 saturated heterocycles. The van der Waals surface area contributed by atoms with Crippen LogP contribution in [0.4, 0.5) is 5.69 Å². The van der Waals surface area contributed by atoms with E-state index in [1.165, 1.54) is 4.90 Å². The number of hydrogen-bond donors (Lipinski definition) is 1. The summed E-state index contributed by atoms with van der Waals surface area (Å²) >= 11 is 0. The Kier molecular flexibility index (Phi) is 9.92. The van der Waals surface area contributed by atoms with Gasteiger partial charge in [-0.3, -0.25) is 13.9 Å². The van der Waals surface area contributed by atoms with Gasteiger partial charge in [-0.1, -0.05) is 72.1 Å². The third kappa shape index (κ3) is 7.69. The number of amides is 2. The molecule has 0 spiro atoms. The second kappa shape index (κ2) is 12.9. The largest absolute Gasteiger partial charge is 0.352 e. The van der Waals surface area contributed by atoms with E-state index in [9.17, 15) is 18.0 Å². The number of carbonyl (C=O) groups is 2. The van der Waals surface area contributed by atoms with Gasteiger partial charge in [-0.05, 0) is 70.9 Å². The van der Waals surface area contributed by atoms with Crippen LogP contribution in [0.3, 0.4) is 0 Å². The first kappa shape index (κ1) is 29.9. The SMILES string of the molecule is CCC(C(=O)NC(C)C)N(Cc1ccc(C)cc1)C(=O)CN(c1ccc(C)cc1)S(=O)(=O)c1ccc(C)cc1. The molecule has 0 radical (unpaired) electrons. The van der Waals surface area contributed by atoms with Gasteiger partial charge in [-0.25, -0.2) is 8.42 Å². The van der Waals surface area contributed by atoms with E-state index in [2.05, 4.69) is 5.32 Å². The van der Waals surface area contributed by atoms with Crippen LogP contribution in [0.15, 0.2) is 77.7 Å². The van der Waals surface area contributed by atoms with Crippen molar-refractivity contribution in [2.45, 2.75) is 71.5 Å². The third-order valence-electron chi connectivity index (χ3n) is 6.50. The highest BCUT2D eigenvalue weighted by atomic mass is 32.2. The van der Waals surface area contributed by atoms with Crippen LogP contribution in [-0.2, 0) is 26.2 Å². The zero-order valence-electron chi connectivity index (χ0n) is 23.6. The maximum absolute atomic E-state index is 14.0. The smallest absolute Gasteiger partial charge is 0.264 e. The highest BCUT2D eigenvalue weighted by molar-refractivity contribution is 7.92. The highest BCUT2D eigenvalue weighted by Gasteiger charge is 2.33. The number of aryl methyl sites for hydroxylation is 3. The van der Waals surface area contributed by atoms with Gasteiger partial charge < -0.3 is 10.2 Å². The van der Waals surface area contributed by atoms with Gasteiger partial charge in [0.15, 0.2) is 0 Å². The van der Waals surface area contributed by atoms with E-state index in [1.54, 1.807) is 36.4 Å². The van der Waals surface area contributed by atoms with Gasteiger partial charge in [0.2, 0.25) is 11.8 Å². The molecule has 0 saturated carbocycles. The number of nitrogens with one attached hydrogen (secondary N) is 1. The fraction of sp³-hybridized carbons (Fsp3) is 0.355. The molecule has 0 aliphatic heterocycles. The van der Waals surface area contributed by atoms with Crippen LogP contribution in [0.1, 0.15) is 49.4 Å². The van der Waals surface area contributed by atoms with E-state index in [0.29, 0.717) is 12.1 Å². The highest BCUT2D eigenvalue weighted by Crippen LogP contribution is 2.25. The summed E-state index contributed by atoms with van der Waals surface area (Å²) in [5.74, 6) is -0.728. The van der Waals surface area contributed by atoms with Crippen molar-refractivity contribution in [3.63, 3.8) is 0 Å². The molecular formula is C31H39N3O4S. The predicted molar refractivity (Wildman–Crippen MR) is 156 cm³/mol. The Morgan fingerprint density at radius 1 is 0.795 bits per heavy atom. The van der Waals surface area contributed by atoms with E-state index < -0.39 is 28.5 Å². The molecule has 0 fully saturated rings. The number of hydrogen-bond acceptors (Lipinski definition) is 4. The van der Waals surface area contributed by atoms with Crippen molar-refractivity contribution in [3.05, 3.63) is 95.1 Å². The first-order chi connectivity index (χ1) is 18.4. The Balaban J connectivity index is 2.05. The van der Waals surface area contributed by atoms with Crippen LogP contribution in [0.25, 0.3) is 0 Å². The van der Waals surface area contributed by atoms with Crippen LogP contribution in [0.2, 0.25) is 0 Å². The molecule has 208 valence electrons. The molecule has 7 nitrogen and oxygen atoms in total. The summed E-state index contributed by atoms with van der Waals surface area (Å²) in [6, 6.07) is 20.5. The lowest BCUT2D eigenvalue weighted by atomic mass is 10.1. The van der Waals surface area contributed by atoms with Gasteiger partial charge in [-0.2, -0.15) is 0 Å². The lowest BCUT2D eigenvalue weighted by molar-refractivity contribution is -0.140. The Morgan fingerprint density at radius 3 is 1.77 bits per heavy atom. The first-order valence-corrected chi connectivity index (χ1v) is 14.7. The molecular weight excluding hydrogens is 510 g/mol. The second-order valence-corrected chi connectivity index (χ2v) is 12.1. The molecule has 39 heavy (non-hydrogen) atoms. The topological polar surface area (TPSA) is 86.8 Å². The van der Waals surface area contributed by atoms with Gasteiger partial charge in [0.25, 0.3) is 10.0 Å². The summed E-state index contributed by atoms with van der Waals surface area (Å²) in [6.07, 6.45) is 0.380. The van der Waals surface area contributed by atoms with Gasteiger partial charge in [0.05, 0.1) is 10.6 Å². The summed E-state index contributed by atoms with van der Waals surface area (Å²) in [7, 11) is -4.08. The summed E-state index contributed by atoms with van der Waals surface area (Å²) in [4.78, 5) is 28.8. The molecule has 3 aromatic carbocycles. The zero-order valence-corrected chi connectivity index (χ0v) is 24.5. The number of sulfonamides is 1. The molecule has 1 N–H and O–H groups in total. The number of nitrogens with zero attached hydrogens (tertiary/aromatic N) is 2. The molecule has 0 aliphatic rings. The minimum atomic E-state index is -4.08. The Bertz CT molecular complexity index is 1370. The van der Waals surface area contributed by atoms with E-state index in [4.69, 9.17) is 0 Å². The van der Waals surface area contributed by atoms with E-state index in [0.717, 1.165) is 26.6 Å². The van der Waals surface area contributed by atoms with E-state index in [-0.39, 0.29) is 23.4 Å². The van der Waals surface area contributed by atoms with Crippen molar-refractivity contribution in [3.8, 4) is 0 Å². The first-order valence-electron chi connectivity index (χ1n) is 13.2. The summed E-state index contributed by atoms with van der Waals surface area (Å²) in [6.45, 7) is 11.1. The van der Waals surface area contributed by atoms with Gasteiger partial charge in [0, 0.05) is 12.6 Å². The van der Waals surface area contributed by atoms with Gasteiger partial charge in [-0.15, -0.1) is 0 Å².